The van der Waals surface area contributed by atoms with E-state index in [0.717, 1.165) is 0 Å². The van der Waals surface area contributed by atoms with Crippen LogP contribution >= 0.6 is 23.2 Å². The average Bonchev–Trinajstić information content (AvgIpc) is 2.11. The summed E-state index contributed by atoms with van der Waals surface area (Å²) in [6, 6.07) is 3.09. The molecule has 0 radical (unpaired) electrons. The Morgan fingerprint density at radius 1 is 1.31 bits per heavy atom. The smallest absolute Gasteiger partial charge is 0.149 e. The van der Waals surface area contributed by atoms with Crippen LogP contribution in [0.15, 0.2) is 12.1 Å². The Hall–Kier alpha value is -0.650. The van der Waals surface area contributed by atoms with Gasteiger partial charge in [0.2, 0.25) is 0 Å². The first-order valence-corrected chi connectivity index (χ1v) is 7.27. The standard InChI is InChI=1S/C9H12Cl2N2O2S/c1-16(14,15)3-2-13-9-5-7(11)6(10)4-8(9)12/h4-5,13H,2-3,12H2,1H3. The van der Waals surface area contributed by atoms with Crippen molar-refractivity contribution in [3.05, 3.63) is 22.2 Å². The van der Waals surface area contributed by atoms with Crippen LogP contribution in [0.2, 0.25) is 10.0 Å². The van der Waals surface area contributed by atoms with Crippen LogP contribution in [-0.4, -0.2) is 27.0 Å². The molecular formula is C9H12Cl2N2O2S. The summed E-state index contributed by atoms with van der Waals surface area (Å²) in [6.45, 7) is 0.279. The van der Waals surface area contributed by atoms with E-state index in [-0.39, 0.29) is 12.3 Å². The molecule has 4 nitrogen and oxygen atoms in total. The van der Waals surface area contributed by atoms with Gasteiger partial charge in [-0.2, -0.15) is 0 Å². The molecule has 0 amide bonds. The van der Waals surface area contributed by atoms with Crippen molar-refractivity contribution in [2.24, 2.45) is 0 Å². The fourth-order valence-electron chi connectivity index (χ4n) is 1.09. The highest BCUT2D eigenvalue weighted by molar-refractivity contribution is 7.90. The zero-order chi connectivity index (χ0) is 12.3. The van der Waals surface area contributed by atoms with Crippen LogP contribution in [0, 0.1) is 0 Å². The molecule has 0 spiro atoms. The zero-order valence-corrected chi connectivity index (χ0v) is 11.0. The summed E-state index contributed by atoms with van der Waals surface area (Å²) in [7, 11) is -2.99. The molecule has 0 aliphatic heterocycles. The Balaban J connectivity index is 2.71. The Morgan fingerprint density at radius 3 is 2.44 bits per heavy atom. The third-order valence-electron chi connectivity index (χ3n) is 1.88. The normalized spacial score (nSPS) is 11.4. The van der Waals surface area contributed by atoms with Gasteiger partial charge in [0.05, 0.1) is 27.2 Å². The van der Waals surface area contributed by atoms with Crippen LogP contribution in [-0.2, 0) is 9.84 Å². The highest BCUT2D eigenvalue weighted by Crippen LogP contribution is 2.30. The molecule has 3 N–H and O–H groups in total. The van der Waals surface area contributed by atoms with E-state index in [4.69, 9.17) is 28.9 Å². The summed E-state index contributed by atoms with van der Waals surface area (Å²) in [5.41, 5.74) is 6.70. The topological polar surface area (TPSA) is 72.2 Å². The lowest BCUT2D eigenvalue weighted by Crippen LogP contribution is -2.14. The molecule has 1 aromatic rings. The van der Waals surface area contributed by atoms with Crippen molar-refractivity contribution in [3.8, 4) is 0 Å². The second kappa shape index (κ2) is 5.12. The summed E-state index contributed by atoms with van der Waals surface area (Å²) in [4.78, 5) is 0. The molecule has 0 saturated heterocycles. The summed E-state index contributed by atoms with van der Waals surface area (Å²) < 4.78 is 21.8. The number of halogens is 2. The van der Waals surface area contributed by atoms with Crippen LogP contribution in [0.3, 0.4) is 0 Å². The lowest BCUT2D eigenvalue weighted by Gasteiger charge is -2.10. The lowest BCUT2D eigenvalue weighted by atomic mass is 10.2. The molecule has 0 saturated carbocycles. The van der Waals surface area contributed by atoms with E-state index in [2.05, 4.69) is 5.32 Å². The Kier molecular flexibility index (Phi) is 4.29. The second-order valence-corrected chi connectivity index (χ2v) is 6.48. The Labute approximate surface area is 105 Å². The van der Waals surface area contributed by atoms with Crippen LogP contribution in [0.5, 0.6) is 0 Å². The van der Waals surface area contributed by atoms with Gasteiger partial charge in [0, 0.05) is 12.8 Å². The number of nitrogens with one attached hydrogen (secondary N) is 1. The number of hydrogen-bond donors (Lipinski definition) is 2. The number of sulfone groups is 1. The lowest BCUT2D eigenvalue weighted by molar-refractivity contribution is 0.602. The maximum atomic E-state index is 10.9. The van der Waals surface area contributed by atoms with Gasteiger partial charge in [0.15, 0.2) is 0 Å². The first-order chi connectivity index (χ1) is 7.29. The molecule has 0 fully saturated rings. The molecule has 90 valence electrons. The van der Waals surface area contributed by atoms with Crippen LogP contribution in [0.25, 0.3) is 0 Å². The molecule has 0 atom stereocenters. The summed E-state index contributed by atoms with van der Waals surface area (Å²) in [5.74, 6) is 0.0344. The number of hydrogen-bond acceptors (Lipinski definition) is 4. The molecular weight excluding hydrogens is 271 g/mol. The number of nitrogen functional groups attached to an aromatic ring is 1. The fraction of sp³-hybridized carbons (Fsp3) is 0.333. The highest BCUT2D eigenvalue weighted by Gasteiger charge is 2.06. The molecule has 0 aromatic heterocycles. The van der Waals surface area contributed by atoms with E-state index < -0.39 is 9.84 Å². The SMILES string of the molecule is CS(=O)(=O)CCNc1cc(Cl)c(Cl)cc1N. The van der Waals surface area contributed by atoms with Gasteiger partial charge in [0.1, 0.15) is 9.84 Å². The van der Waals surface area contributed by atoms with Crippen molar-refractivity contribution in [1.82, 2.24) is 0 Å². The minimum absolute atomic E-state index is 0.0344. The van der Waals surface area contributed by atoms with E-state index in [0.29, 0.717) is 21.4 Å². The minimum atomic E-state index is -2.99. The van der Waals surface area contributed by atoms with Gasteiger partial charge in [-0.15, -0.1) is 0 Å². The van der Waals surface area contributed by atoms with E-state index in [1.165, 1.54) is 12.3 Å². The van der Waals surface area contributed by atoms with Gasteiger partial charge in [-0.05, 0) is 12.1 Å². The van der Waals surface area contributed by atoms with E-state index in [9.17, 15) is 8.42 Å². The molecule has 0 bridgehead atoms. The van der Waals surface area contributed by atoms with Crippen molar-refractivity contribution < 1.29 is 8.42 Å². The number of benzene rings is 1. The summed E-state index contributed by atoms with van der Waals surface area (Å²) in [5, 5.41) is 3.63. The largest absolute Gasteiger partial charge is 0.397 e. The molecule has 0 unspecified atom stereocenters. The van der Waals surface area contributed by atoms with Crippen LogP contribution in [0.1, 0.15) is 0 Å². The number of nitrogens with two attached hydrogens (primary N) is 1. The molecule has 0 aliphatic carbocycles. The number of anilines is 2. The third kappa shape index (κ3) is 4.08. The zero-order valence-electron chi connectivity index (χ0n) is 8.63. The van der Waals surface area contributed by atoms with E-state index in [1.54, 1.807) is 6.07 Å². The van der Waals surface area contributed by atoms with Gasteiger partial charge < -0.3 is 11.1 Å². The molecule has 7 heteroatoms. The monoisotopic (exact) mass is 282 g/mol. The van der Waals surface area contributed by atoms with Crippen molar-refractivity contribution in [1.29, 1.82) is 0 Å². The highest BCUT2D eigenvalue weighted by atomic mass is 35.5. The molecule has 1 aromatic carbocycles. The predicted molar refractivity (Wildman–Crippen MR) is 69.1 cm³/mol. The maximum absolute atomic E-state index is 10.9. The molecule has 16 heavy (non-hydrogen) atoms. The van der Waals surface area contributed by atoms with Crippen molar-refractivity contribution in [3.63, 3.8) is 0 Å². The third-order valence-corrected chi connectivity index (χ3v) is 3.55. The van der Waals surface area contributed by atoms with Crippen molar-refractivity contribution >= 4 is 44.4 Å². The van der Waals surface area contributed by atoms with Gasteiger partial charge in [-0.1, -0.05) is 23.2 Å². The average molecular weight is 283 g/mol. The summed E-state index contributed by atoms with van der Waals surface area (Å²) in [6.07, 6.45) is 1.17. The fourth-order valence-corrected chi connectivity index (χ4v) is 1.90. The van der Waals surface area contributed by atoms with Gasteiger partial charge in [0.25, 0.3) is 0 Å². The summed E-state index contributed by atoms with van der Waals surface area (Å²) >= 11 is 11.6. The Morgan fingerprint density at radius 2 is 1.88 bits per heavy atom. The first-order valence-electron chi connectivity index (χ1n) is 4.46. The van der Waals surface area contributed by atoms with Gasteiger partial charge >= 0.3 is 0 Å². The maximum Gasteiger partial charge on any atom is 0.149 e. The van der Waals surface area contributed by atoms with Crippen LogP contribution < -0.4 is 11.1 Å². The van der Waals surface area contributed by atoms with Crippen LogP contribution in [0.4, 0.5) is 11.4 Å². The molecule has 0 aliphatic rings. The van der Waals surface area contributed by atoms with E-state index in [1.807, 2.05) is 0 Å². The Bertz CT molecular complexity index is 489. The predicted octanol–water partition coefficient (Wildman–Crippen LogP) is 2.03. The van der Waals surface area contributed by atoms with Crippen molar-refractivity contribution in [2.45, 2.75) is 0 Å². The van der Waals surface area contributed by atoms with E-state index >= 15 is 0 Å². The quantitative estimate of drug-likeness (QED) is 0.829. The number of rotatable bonds is 4. The molecule has 1 rings (SSSR count). The van der Waals surface area contributed by atoms with Gasteiger partial charge in [-0.25, -0.2) is 8.42 Å². The second-order valence-electron chi connectivity index (χ2n) is 3.41. The van der Waals surface area contributed by atoms with Gasteiger partial charge in [-0.3, -0.25) is 0 Å². The first kappa shape index (κ1) is 13.4. The minimum Gasteiger partial charge on any atom is -0.397 e. The van der Waals surface area contributed by atoms with Crippen molar-refractivity contribution in [2.75, 3.05) is 29.6 Å². The molecule has 0 heterocycles.